The van der Waals surface area contributed by atoms with E-state index >= 15 is 0 Å². The van der Waals surface area contributed by atoms with Crippen LogP contribution >= 0.6 is 0 Å². The van der Waals surface area contributed by atoms with Crippen molar-refractivity contribution in [1.82, 2.24) is 5.32 Å². The summed E-state index contributed by atoms with van der Waals surface area (Å²) in [6.45, 7) is 3.91. The predicted molar refractivity (Wildman–Crippen MR) is 118 cm³/mol. The third-order valence-electron chi connectivity index (χ3n) is 5.93. The zero-order valence-corrected chi connectivity index (χ0v) is 17.4. The smallest absolute Gasteiger partial charge is 0.258 e. The van der Waals surface area contributed by atoms with E-state index in [-0.39, 0.29) is 24.0 Å². The highest BCUT2D eigenvalue weighted by atomic mass is 16.5. The lowest BCUT2D eigenvalue weighted by Gasteiger charge is -2.29. The number of rotatable bonds is 5. The number of hydrogen-bond acceptors (Lipinski definition) is 4. The molecule has 1 aliphatic carbocycles. The van der Waals surface area contributed by atoms with Crippen LogP contribution in [0.25, 0.3) is 22.1 Å². The number of carbonyl (C=O) groups excluding carboxylic acids is 1. The molecule has 1 amide bonds. The topological polar surface area (TPSA) is 68.5 Å². The highest BCUT2D eigenvalue weighted by Gasteiger charge is 2.23. The van der Waals surface area contributed by atoms with Crippen LogP contribution in [0.3, 0.4) is 0 Å². The summed E-state index contributed by atoms with van der Waals surface area (Å²) in [5.41, 5.74) is 1.78. The first kappa shape index (κ1) is 20.2. The molecular formula is C25H27NO4. The van der Waals surface area contributed by atoms with Gasteiger partial charge in [0, 0.05) is 12.1 Å². The van der Waals surface area contributed by atoms with Crippen molar-refractivity contribution in [3.8, 4) is 16.9 Å². The molecule has 0 radical (unpaired) electrons. The number of aryl methyl sites for hydroxylation is 1. The molecule has 0 bridgehead atoms. The monoisotopic (exact) mass is 405 g/mol. The number of hydrogen-bond donors (Lipinski definition) is 1. The molecule has 1 saturated carbocycles. The van der Waals surface area contributed by atoms with Gasteiger partial charge in [-0.1, -0.05) is 50.1 Å². The maximum absolute atomic E-state index is 13.0. The maximum Gasteiger partial charge on any atom is 0.258 e. The van der Waals surface area contributed by atoms with Gasteiger partial charge in [0.2, 0.25) is 5.43 Å². The Hall–Kier alpha value is -3.08. The first-order valence-electron chi connectivity index (χ1n) is 10.6. The second kappa shape index (κ2) is 8.74. The summed E-state index contributed by atoms with van der Waals surface area (Å²) in [5, 5.41) is 3.58. The van der Waals surface area contributed by atoms with Gasteiger partial charge in [-0.05, 0) is 43.4 Å². The SMILES string of the molecule is Cc1oc2cc(OCC(=O)N[C@H]3CCCC[C@@H]3C)ccc2c(=O)c1-c1ccccc1. The Labute approximate surface area is 176 Å². The normalized spacial score (nSPS) is 18.9. The van der Waals surface area contributed by atoms with Gasteiger partial charge in [0.1, 0.15) is 17.1 Å². The molecular weight excluding hydrogens is 378 g/mol. The summed E-state index contributed by atoms with van der Waals surface area (Å²) < 4.78 is 11.6. The van der Waals surface area contributed by atoms with Crippen molar-refractivity contribution in [3.63, 3.8) is 0 Å². The minimum atomic E-state index is -0.120. The summed E-state index contributed by atoms with van der Waals surface area (Å²) in [6.07, 6.45) is 4.57. The minimum absolute atomic E-state index is 0.0555. The van der Waals surface area contributed by atoms with Crippen molar-refractivity contribution in [2.24, 2.45) is 5.92 Å². The summed E-state index contributed by atoms with van der Waals surface area (Å²) in [6, 6.07) is 14.8. The average molecular weight is 405 g/mol. The van der Waals surface area contributed by atoms with Crippen LogP contribution in [0, 0.1) is 12.8 Å². The number of ether oxygens (including phenoxy) is 1. The number of benzene rings is 2. The molecule has 0 aliphatic heterocycles. The molecule has 30 heavy (non-hydrogen) atoms. The third kappa shape index (κ3) is 4.25. The fourth-order valence-electron chi connectivity index (χ4n) is 4.24. The van der Waals surface area contributed by atoms with Gasteiger partial charge < -0.3 is 14.5 Å². The second-order valence-corrected chi connectivity index (χ2v) is 8.11. The molecule has 1 aliphatic rings. The van der Waals surface area contributed by atoms with Crippen molar-refractivity contribution >= 4 is 16.9 Å². The Kier molecular flexibility index (Phi) is 5.88. The largest absolute Gasteiger partial charge is 0.484 e. The summed E-state index contributed by atoms with van der Waals surface area (Å²) in [7, 11) is 0. The predicted octanol–water partition coefficient (Wildman–Crippen LogP) is 4.84. The highest BCUT2D eigenvalue weighted by molar-refractivity contribution is 5.84. The van der Waals surface area contributed by atoms with E-state index in [4.69, 9.17) is 9.15 Å². The average Bonchev–Trinajstić information content (AvgIpc) is 2.74. The summed E-state index contributed by atoms with van der Waals surface area (Å²) in [5.74, 6) is 1.44. The standard InChI is InChI=1S/C25H27NO4/c1-16-8-6-7-11-21(16)26-23(27)15-29-19-12-13-20-22(14-19)30-17(2)24(25(20)28)18-9-4-3-5-10-18/h3-5,9-10,12-14,16,21H,6-8,11,15H2,1-2H3,(H,26,27)/t16-,21-/m0/s1. The molecule has 2 atom stereocenters. The second-order valence-electron chi connectivity index (χ2n) is 8.11. The van der Waals surface area contributed by atoms with Crippen molar-refractivity contribution < 1.29 is 13.9 Å². The number of fused-ring (bicyclic) bond motifs is 1. The highest BCUT2D eigenvalue weighted by Crippen LogP contribution is 2.26. The molecule has 0 saturated heterocycles. The quantitative estimate of drug-likeness (QED) is 0.659. The molecule has 1 aromatic heterocycles. The van der Waals surface area contributed by atoms with E-state index in [0.717, 1.165) is 24.8 Å². The molecule has 5 nitrogen and oxygen atoms in total. The van der Waals surface area contributed by atoms with Crippen LogP contribution in [0.15, 0.2) is 57.7 Å². The minimum Gasteiger partial charge on any atom is -0.484 e. The van der Waals surface area contributed by atoms with E-state index in [2.05, 4.69) is 12.2 Å². The Morgan fingerprint density at radius 1 is 1.13 bits per heavy atom. The van der Waals surface area contributed by atoms with Crippen LogP contribution < -0.4 is 15.5 Å². The number of nitrogens with one attached hydrogen (secondary N) is 1. The van der Waals surface area contributed by atoms with Gasteiger partial charge in [0.25, 0.3) is 5.91 Å². The summed E-state index contributed by atoms with van der Waals surface area (Å²) in [4.78, 5) is 25.3. The molecule has 156 valence electrons. The van der Waals surface area contributed by atoms with Crippen molar-refractivity contribution in [1.29, 1.82) is 0 Å². The van der Waals surface area contributed by atoms with Gasteiger partial charge in [-0.25, -0.2) is 0 Å². The van der Waals surface area contributed by atoms with Crippen LogP contribution in [-0.4, -0.2) is 18.6 Å². The lowest BCUT2D eigenvalue weighted by molar-refractivity contribution is -0.124. The molecule has 5 heteroatoms. The van der Waals surface area contributed by atoms with Crippen LogP contribution in [0.4, 0.5) is 0 Å². The Morgan fingerprint density at radius 3 is 2.67 bits per heavy atom. The molecule has 1 fully saturated rings. The first-order chi connectivity index (χ1) is 14.5. The van der Waals surface area contributed by atoms with Crippen LogP contribution in [-0.2, 0) is 4.79 Å². The van der Waals surface area contributed by atoms with Gasteiger partial charge in [-0.2, -0.15) is 0 Å². The van der Waals surface area contributed by atoms with E-state index < -0.39 is 0 Å². The van der Waals surface area contributed by atoms with E-state index in [1.165, 1.54) is 6.42 Å². The number of carbonyl (C=O) groups is 1. The molecule has 0 spiro atoms. The zero-order chi connectivity index (χ0) is 21.1. The first-order valence-corrected chi connectivity index (χ1v) is 10.6. The van der Waals surface area contributed by atoms with Crippen LogP contribution in [0.1, 0.15) is 38.4 Å². The molecule has 3 aromatic rings. The van der Waals surface area contributed by atoms with E-state index in [1.54, 1.807) is 25.1 Å². The van der Waals surface area contributed by atoms with Crippen molar-refractivity contribution in [2.45, 2.75) is 45.6 Å². The van der Waals surface area contributed by atoms with E-state index in [1.807, 2.05) is 30.3 Å². The fraction of sp³-hybridized carbons (Fsp3) is 0.360. The summed E-state index contributed by atoms with van der Waals surface area (Å²) >= 11 is 0. The van der Waals surface area contributed by atoms with Crippen LogP contribution in [0.2, 0.25) is 0 Å². The molecule has 4 rings (SSSR count). The van der Waals surface area contributed by atoms with Gasteiger partial charge in [0.15, 0.2) is 6.61 Å². The van der Waals surface area contributed by atoms with E-state index in [9.17, 15) is 9.59 Å². The van der Waals surface area contributed by atoms with Gasteiger partial charge in [0.05, 0.1) is 10.9 Å². The Bertz CT molecular complexity index is 1100. The molecule has 1 heterocycles. The molecule has 0 unspecified atom stereocenters. The van der Waals surface area contributed by atoms with Gasteiger partial charge >= 0.3 is 0 Å². The maximum atomic E-state index is 13.0. The van der Waals surface area contributed by atoms with Crippen molar-refractivity contribution in [2.75, 3.05) is 6.61 Å². The Balaban J connectivity index is 1.50. The zero-order valence-electron chi connectivity index (χ0n) is 17.4. The van der Waals surface area contributed by atoms with Crippen molar-refractivity contribution in [3.05, 3.63) is 64.5 Å². The molecule has 1 N–H and O–H groups in total. The van der Waals surface area contributed by atoms with Gasteiger partial charge in [-0.3, -0.25) is 9.59 Å². The number of amides is 1. The fourth-order valence-corrected chi connectivity index (χ4v) is 4.24. The Morgan fingerprint density at radius 2 is 1.90 bits per heavy atom. The van der Waals surface area contributed by atoms with Gasteiger partial charge in [-0.15, -0.1) is 0 Å². The lowest BCUT2D eigenvalue weighted by atomic mass is 9.86. The van der Waals surface area contributed by atoms with Crippen LogP contribution in [0.5, 0.6) is 5.75 Å². The molecule has 2 aromatic carbocycles. The lowest BCUT2D eigenvalue weighted by Crippen LogP contribution is -2.43. The van der Waals surface area contributed by atoms with E-state index in [0.29, 0.717) is 34.0 Å². The third-order valence-corrected chi connectivity index (χ3v) is 5.93.